The first kappa shape index (κ1) is 20.4. The van der Waals surface area contributed by atoms with Gasteiger partial charge in [-0.05, 0) is 18.2 Å². The van der Waals surface area contributed by atoms with E-state index in [4.69, 9.17) is 23.7 Å². The molecule has 2 amide bonds. The highest BCUT2D eigenvalue weighted by Gasteiger charge is 2.33. The molecule has 0 radical (unpaired) electrons. The molecule has 10 heteroatoms. The Morgan fingerprint density at radius 1 is 1.16 bits per heavy atom. The molecule has 1 aromatic heterocycles. The van der Waals surface area contributed by atoms with Crippen LogP contribution >= 0.6 is 0 Å². The van der Waals surface area contributed by atoms with Crippen LogP contribution in [0.15, 0.2) is 36.5 Å². The number of fused-ring (bicyclic) bond motifs is 1. The summed E-state index contributed by atoms with van der Waals surface area (Å²) in [5, 5.41) is 2.82. The molecule has 10 nitrogen and oxygen atoms in total. The molecular formula is C22H23N3O7. The molecule has 1 aromatic carbocycles. The van der Waals surface area contributed by atoms with Crippen molar-refractivity contribution < 1.29 is 33.3 Å². The number of cyclic esters (lactones) is 1. The molecule has 2 aromatic rings. The van der Waals surface area contributed by atoms with E-state index in [0.717, 1.165) is 12.8 Å². The number of rotatable bonds is 6. The Morgan fingerprint density at radius 3 is 2.88 bits per heavy atom. The predicted octanol–water partition coefficient (Wildman–Crippen LogP) is 2.12. The van der Waals surface area contributed by atoms with Crippen LogP contribution in [0, 0.1) is 0 Å². The summed E-state index contributed by atoms with van der Waals surface area (Å²) in [6, 6.07) is 8.49. The van der Waals surface area contributed by atoms with Gasteiger partial charge < -0.3 is 29.0 Å². The molecule has 2 fully saturated rings. The number of aromatic nitrogens is 1. The van der Waals surface area contributed by atoms with E-state index >= 15 is 0 Å². The summed E-state index contributed by atoms with van der Waals surface area (Å²) in [5.74, 6) is 1.35. The first-order valence-corrected chi connectivity index (χ1v) is 10.5. The summed E-state index contributed by atoms with van der Waals surface area (Å²) in [6.45, 7) is 1.98. The molecule has 32 heavy (non-hydrogen) atoms. The number of carbonyl (C=O) groups excluding carboxylic acids is 2. The molecule has 5 rings (SSSR count). The summed E-state index contributed by atoms with van der Waals surface area (Å²) < 4.78 is 27.3. The Bertz CT molecular complexity index is 1010. The zero-order chi connectivity index (χ0) is 21.9. The number of pyridine rings is 1. The van der Waals surface area contributed by atoms with Crippen LogP contribution in [-0.2, 0) is 9.47 Å². The van der Waals surface area contributed by atoms with Gasteiger partial charge in [0, 0.05) is 36.7 Å². The number of benzene rings is 1. The second-order valence-corrected chi connectivity index (χ2v) is 7.68. The molecule has 1 unspecified atom stereocenters. The minimum Gasteiger partial charge on any atom is -0.474 e. The van der Waals surface area contributed by atoms with E-state index in [9.17, 15) is 9.59 Å². The van der Waals surface area contributed by atoms with Gasteiger partial charge in [-0.25, -0.2) is 9.78 Å². The van der Waals surface area contributed by atoms with Gasteiger partial charge in [-0.2, -0.15) is 0 Å². The van der Waals surface area contributed by atoms with Crippen LogP contribution in [0.3, 0.4) is 0 Å². The van der Waals surface area contributed by atoms with Gasteiger partial charge in [0.2, 0.25) is 12.7 Å². The molecule has 0 spiro atoms. The average Bonchev–Trinajstić information content (AvgIpc) is 3.44. The topological polar surface area (TPSA) is 108 Å². The van der Waals surface area contributed by atoms with Gasteiger partial charge in [-0.15, -0.1) is 0 Å². The summed E-state index contributed by atoms with van der Waals surface area (Å²) in [4.78, 5) is 30.6. The third-order valence-electron chi connectivity index (χ3n) is 5.48. The fraction of sp³-hybridized carbons (Fsp3) is 0.409. The maximum atomic E-state index is 12.6. The highest BCUT2D eigenvalue weighted by Crippen LogP contribution is 2.36. The van der Waals surface area contributed by atoms with Crippen molar-refractivity contribution in [1.82, 2.24) is 10.3 Å². The van der Waals surface area contributed by atoms with Gasteiger partial charge >= 0.3 is 6.09 Å². The van der Waals surface area contributed by atoms with Crippen molar-refractivity contribution in [1.29, 1.82) is 0 Å². The first-order valence-electron chi connectivity index (χ1n) is 10.5. The Labute approximate surface area is 184 Å². The standard InChI is InChI=1S/C22H23N3O7/c26-21(14-3-6-23-20(9-14)31-16-4-7-28-8-5-16)24-11-17-12-25(22(27)32-17)15-1-2-18-19(10-15)30-13-29-18/h1-3,6,9-10,16-17H,4-5,7-8,11-13H2,(H,24,26). The monoisotopic (exact) mass is 441 g/mol. The van der Waals surface area contributed by atoms with Crippen LogP contribution < -0.4 is 24.4 Å². The molecule has 0 saturated carbocycles. The molecule has 3 aliphatic rings. The van der Waals surface area contributed by atoms with E-state index < -0.39 is 12.2 Å². The van der Waals surface area contributed by atoms with E-state index in [1.165, 1.54) is 4.90 Å². The number of hydrogen-bond donors (Lipinski definition) is 1. The molecule has 1 N–H and O–H groups in total. The molecule has 3 aliphatic heterocycles. The van der Waals surface area contributed by atoms with Gasteiger partial charge in [0.15, 0.2) is 11.5 Å². The fourth-order valence-corrected chi connectivity index (χ4v) is 3.78. The lowest BCUT2D eigenvalue weighted by Crippen LogP contribution is -2.34. The third-order valence-corrected chi connectivity index (χ3v) is 5.48. The Morgan fingerprint density at radius 2 is 2.00 bits per heavy atom. The molecule has 168 valence electrons. The summed E-state index contributed by atoms with van der Waals surface area (Å²) in [5.41, 5.74) is 1.08. The predicted molar refractivity (Wildman–Crippen MR) is 111 cm³/mol. The largest absolute Gasteiger partial charge is 0.474 e. The zero-order valence-electron chi connectivity index (χ0n) is 17.3. The number of ether oxygens (including phenoxy) is 5. The average molecular weight is 441 g/mol. The van der Waals surface area contributed by atoms with Crippen molar-refractivity contribution in [2.45, 2.75) is 25.0 Å². The second-order valence-electron chi connectivity index (χ2n) is 7.68. The van der Waals surface area contributed by atoms with Crippen molar-refractivity contribution >= 4 is 17.7 Å². The Kier molecular flexibility index (Phi) is 5.68. The highest BCUT2D eigenvalue weighted by molar-refractivity contribution is 5.94. The normalized spacial score (nSPS) is 20.2. The second kappa shape index (κ2) is 8.91. The maximum absolute atomic E-state index is 12.6. The van der Waals surface area contributed by atoms with Gasteiger partial charge in [-0.3, -0.25) is 9.69 Å². The number of amides is 2. The smallest absolute Gasteiger partial charge is 0.414 e. The number of hydrogen-bond acceptors (Lipinski definition) is 8. The van der Waals surface area contributed by atoms with Crippen LogP contribution in [0.4, 0.5) is 10.5 Å². The van der Waals surface area contributed by atoms with E-state index in [1.807, 2.05) is 0 Å². The van der Waals surface area contributed by atoms with E-state index in [0.29, 0.717) is 48.4 Å². The fourth-order valence-electron chi connectivity index (χ4n) is 3.78. The minimum absolute atomic E-state index is 0.0367. The molecule has 0 aliphatic carbocycles. The Hall–Kier alpha value is -3.53. The number of carbonyl (C=O) groups is 2. The van der Waals surface area contributed by atoms with Crippen molar-refractivity contribution in [2.75, 3.05) is 38.0 Å². The van der Waals surface area contributed by atoms with Crippen molar-refractivity contribution in [3.63, 3.8) is 0 Å². The summed E-state index contributed by atoms with van der Waals surface area (Å²) >= 11 is 0. The van der Waals surface area contributed by atoms with Gasteiger partial charge in [0.1, 0.15) is 12.2 Å². The van der Waals surface area contributed by atoms with Crippen LogP contribution in [0.1, 0.15) is 23.2 Å². The first-order chi connectivity index (χ1) is 15.7. The van der Waals surface area contributed by atoms with Crippen molar-refractivity contribution in [3.05, 3.63) is 42.1 Å². The third kappa shape index (κ3) is 4.40. The lowest BCUT2D eigenvalue weighted by Gasteiger charge is -2.22. The highest BCUT2D eigenvalue weighted by atomic mass is 16.7. The quantitative estimate of drug-likeness (QED) is 0.726. The van der Waals surface area contributed by atoms with Crippen LogP contribution in [-0.4, -0.2) is 62.3 Å². The van der Waals surface area contributed by atoms with Gasteiger partial charge in [0.25, 0.3) is 5.91 Å². The lowest BCUT2D eigenvalue weighted by molar-refractivity contribution is 0.0237. The molecule has 4 heterocycles. The zero-order valence-corrected chi connectivity index (χ0v) is 17.3. The Balaban J connectivity index is 1.16. The van der Waals surface area contributed by atoms with Crippen molar-refractivity contribution in [3.8, 4) is 17.4 Å². The van der Waals surface area contributed by atoms with Gasteiger partial charge in [0.05, 0.1) is 32.0 Å². The number of anilines is 1. The molecule has 2 saturated heterocycles. The minimum atomic E-state index is -0.475. The van der Waals surface area contributed by atoms with Crippen LogP contribution in [0.25, 0.3) is 0 Å². The molecule has 0 bridgehead atoms. The van der Waals surface area contributed by atoms with Crippen LogP contribution in [0.5, 0.6) is 17.4 Å². The number of nitrogens with zero attached hydrogens (tertiary/aromatic N) is 2. The molecular weight excluding hydrogens is 418 g/mol. The SMILES string of the molecule is O=C(NCC1CN(c2ccc3c(c2)OCO3)C(=O)O1)c1ccnc(OC2CCOCC2)c1. The van der Waals surface area contributed by atoms with E-state index in [-0.39, 0.29) is 25.3 Å². The molecule has 1 atom stereocenters. The van der Waals surface area contributed by atoms with Crippen LogP contribution in [0.2, 0.25) is 0 Å². The lowest BCUT2D eigenvalue weighted by atomic mass is 10.1. The van der Waals surface area contributed by atoms with E-state index in [1.54, 1.807) is 36.5 Å². The summed E-state index contributed by atoms with van der Waals surface area (Å²) in [6.07, 6.45) is 2.22. The maximum Gasteiger partial charge on any atom is 0.414 e. The number of nitrogens with one attached hydrogen (secondary N) is 1. The van der Waals surface area contributed by atoms with E-state index in [2.05, 4.69) is 10.3 Å². The summed E-state index contributed by atoms with van der Waals surface area (Å²) in [7, 11) is 0. The van der Waals surface area contributed by atoms with Crippen molar-refractivity contribution in [2.24, 2.45) is 0 Å². The van der Waals surface area contributed by atoms with Gasteiger partial charge in [-0.1, -0.05) is 0 Å².